The van der Waals surface area contributed by atoms with Crippen molar-refractivity contribution in [3.63, 3.8) is 0 Å². The van der Waals surface area contributed by atoms with Crippen LogP contribution in [0.25, 0.3) is 0 Å². The molecule has 0 aromatic heterocycles. The number of thiocarbonyl (C=S) groups is 1. The predicted molar refractivity (Wildman–Crippen MR) is 57.5 cm³/mol. The lowest BCUT2D eigenvalue weighted by molar-refractivity contribution is 0.627. The van der Waals surface area contributed by atoms with Gasteiger partial charge >= 0.3 is 0 Å². The molecule has 0 bridgehead atoms. The van der Waals surface area contributed by atoms with Crippen LogP contribution in [0.5, 0.6) is 0 Å². The van der Waals surface area contributed by atoms with E-state index in [2.05, 4.69) is 17.2 Å². The zero-order chi connectivity index (χ0) is 9.68. The molecular weight excluding hydrogens is 209 g/mol. The fraction of sp³-hybridized carbons (Fsp3) is 0.111. The van der Waals surface area contributed by atoms with Gasteiger partial charge in [0.2, 0.25) is 0 Å². The fourth-order valence-corrected chi connectivity index (χ4v) is 1.06. The molecule has 0 aliphatic heterocycles. The smallest absolute Gasteiger partial charge is 0.123 e. The number of hydrogen-bond acceptors (Lipinski definition) is 2. The lowest BCUT2D eigenvalue weighted by Crippen LogP contribution is -1.87. The third kappa shape index (κ3) is 3.20. The average molecular weight is 216 g/mol. The lowest BCUT2D eigenvalue weighted by Gasteiger charge is -1.96. The van der Waals surface area contributed by atoms with E-state index in [4.69, 9.17) is 11.6 Å². The molecule has 0 aliphatic rings. The van der Waals surface area contributed by atoms with Crippen LogP contribution in [-0.2, 0) is 0 Å². The minimum absolute atomic E-state index is 0.326. The molecule has 0 atom stereocenters. The van der Waals surface area contributed by atoms with Gasteiger partial charge in [-0.3, -0.25) is 4.99 Å². The summed E-state index contributed by atoms with van der Waals surface area (Å²) >= 11 is 10.4. The molecule has 0 heterocycles. The van der Waals surface area contributed by atoms with Crippen molar-refractivity contribution in [3.05, 3.63) is 34.6 Å². The van der Waals surface area contributed by atoms with Crippen molar-refractivity contribution < 1.29 is 4.39 Å². The van der Waals surface area contributed by atoms with E-state index in [9.17, 15) is 4.39 Å². The van der Waals surface area contributed by atoms with Gasteiger partial charge in [0, 0.05) is 22.2 Å². The van der Waals surface area contributed by atoms with Gasteiger partial charge in [0.1, 0.15) is 5.82 Å². The molecule has 0 radical (unpaired) electrons. The Morgan fingerprint density at radius 1 is 1.54 bits per heavy atom. The van der Waals surface area contributed by atoms with E-state index in [0.29, 0.717) is 17.1 Å². The first-order chi connectivity index (χ1) is 6.24. The summed E-state index contributed by atoms with van der Waals surface area (Å²) in [7, 11) is 0. The van der Waals surface area contributed by atoms with Gasteiger partial charge in [-0.15, -0.1) is 0 Å². The third-order valence-electron chi connectivity index (χ3n) is 1.37. The Morgan fingerprint density at radius 2 is 2.31 bits per heavy atom. The Bertz CT molecular complexity index is 338. The topological polar surface area (TPSA) is 12.4 Å². The summed E-state index contributed by atoms with van der Waals surface area (Å²) in [5.41, 5.74) is 0.568. The maximum absolute atomic E-state index is 12.7. The van der Waals surface area contributed by atoms with Crippen LogP contribution in [0, 0.1) is 5.82 Å². The molecule has 0 amide bonds. The molecule has 0 N–H and O–H groups in total. The first-order valence-electron chi connectivity index (χ1n) is 3.62. The summed E-state index contributed by atoms with van der Waals surface area (Å²) < 4.78 is 12.7. The van der Waals surface area contributed by atoms with Crippen molar-refractivity contribution in [2.45, 2.75) is 0 Å². The van der Waals surface area contributed by atoms with Crippen molar-refractivity contribution in [3.8, 4) is 0 Å². The van der Waals surface area contributed by atoms with Crippen LogP contribution < -0.4 is 0 Å². The number of benzene rings is 1. The number of nitrogens with zero attached hydrogens (tertiary/aromatic N) is 1. The molecule has 1 aromatic rings. The molecule has 0 fully saturated rings. The Balaban J connectivity index is 2.86. The predicted octanol–water partition coefficient (Wildman–Crippen LogP) is 2.90. The van der Waals surface area contributed by atoms with Crippen LogP contribution in [0.1, 0.15) is 5.56 Å². The van der Waals surface area contributed by atoms with E-state index >= 15 is 0 Å². The Hall–Kier alpha value is -0.800. The van der Waals surface area contributed by atoms with Crippen LogP contribution in [0.15, 0.2) is 23.2 Å². The van der Waals surface area contributed by atoms with Crippen molar-refractivity contribution in [2.24, 2.45) is 4.99 Å². The second kappa shape index (κ2) is 5.04. The molecule has 1 rings (SSSR count). The van der Waals surface area contributed by atoms with Gasteiger partial charge < -0.3 is 0 Å². The molecular formula is C9H7ClFNS. The highest BCUT2D eigenvalue weighted by Gasteiger charge is 1.97. The van der Waals surface area contributed by atoms with E-state index in [1.54, 1.807) is 0 Å². The Morgan fingerprint density at radius 3 is 3.00 bits per heavy atom. The van der Waals surface area contributed by atoms with E-state index in [1.807, 2.05) is 0 Å². The standard InChI is InChI=1S/C9H7ClFNS/c10-9-2-1-8(11)5-7(9)6-12-3-4-13/h1-2,4-6H,3H2. The molecule has 0 saturated heterocycles. The highest BCUT2D eigenvalue weighted by Crippen LogP contribution is 2.14. The quantitative estimate of drug-likeness (QED) is 0.558. The molecule has 0 saturated carbocycles. The zero-order valence-corrected chi connectivity index (χ0v) is 8.28. The van der Waals surface area contributed by atoms with Crippen LogP contribution in [0.2, 0.25) is 5.02 Å². The monoisotopic (exact) mass is 215 g/mol. The highest BCUT2D eigenvalue weighted by atomic mass is 35.5. The number of aliphatic imine (C=N–C) groups is 1. The first-order valence-corrected chi connectivity index (χ1v) is 4.47. The minimum Gasteiger partial charge on any atom is -0.288 e. The number of hydrogen-bond donors (Lipinski definition) is 0. The van der Waals surface area contributed by atoms with Gasteiger partial charge in [-0.1, -0.05) is 23.8 Å². The maximum atomic E-state index is 12.7. The minimum atomic E-state index is -0.326. The Labute approximate surface area is 86.2 Å². The van der Waals surface area contributed by atoms with Crippen molar-refractivity contribution >= 4 is 35.4 Å². The largest absolute Gasteiger partial charge is 0.288 e. The lowest BCUT2D eigenvalue weighted by atomic mass is 10.2. The Kier molecular flexibility index (Phi) is 3.99. The van der Waals surface area contributed by atoms with Gasteiger partial charge in [-0.25, -0.2) is 4.39 Å². The molecule has 1 nitrogen and oxygen atoms in total. The maximum Gasteiger partial charge on any atom is 0.123 e. The first kappa shape index (κ1) is 10.3. The second-order valence-corrected chi connectivity index (χ2v) is 3.07. The van der Waals surface area contributed by atoms with E-state index < -0.39 is 0 Å². The molecule has 1 aromatic carbocycles. The molecule has 0 unspecified atom stereocenters. The molecule has 68 valence electrons. The van der Waals surface area contributed by atoms with E-state index in [0.717, 1.165) is 0 Å². The van der Waals surface area contributed by atoms with Crippen LogP contribution in [0.4, 0.5) is 4.39 Å². The van der Waals surface area contributed by atoms with Gasteiger partial charge in [0.05, 0.1) is 6.54 Å². The van der Waals surface area contributed by atoms with Crippen LogP contribution in [0.3, 0.4) is 0 Å². The fourth-order valence-electron chi connectivity index (χ4n) is 0.808. The molecule has 0 spiro atoms. The van der Waals surface area contributed by atoms with Crippen LogP contribution >= 0.6 is 23.8 Å². The number of halogens is 2. The highest BCUT2D eigenvalue weighted by molar-refractivity contribution is 7.79. The van der Waals surface area contributed by atoms with Crippen molar-refractivity contribution in [1.29, 1.82) is 0 Å². The summed E-state index contributed by atoms with van der Waals surface area (Å²) in [6.45, 7) is 0.433. The summed E-state index contributed by atoms with van der Waals surface area (Å²) in [6.07, 6.45) is 1.51. The average Bonchev–Trinajstić information content (AvgIpc) is 2.11. The van der Waals surface area contributed by atoms with E-state index in [1.165, 1.54) is 29.8 Å². The van der Waals surface area contributed by atoms with Crippen molar-refractivity contribution in [1.82, 2.24) is 0 Å². The van der Waals surface area contributed by atoms with E-state index in [-0.39, 0.29) is 5.82 Å². The van der Waals surface area contributed by atoms with Gasteiger partial charge in [-0.05, 0) is 18.2 Å². The molecule has 13 heavy (non-hydrogen) atoms. The van der Waals surface area contributed by atoms with Gasteiger partial charge in [-0.2, -0.15) is 0 Å². The summed E-state index contributed by atoms with van der Waals surface area (Å²) in [5, 5.41) is 1.97. The summed E-state index contributed by atoms with van der Waals surface area (Å²) in [6, 6.07) is 4.13. The summed E-state index contributed by atoms with van der Waals surface area (Å²) in [4.78, 5) is 3.93. The van der Waals surface area contributed by atoms with Crippen molar-refractivity contribution in [2.75, 3.05) is 6.54 Å². The number of rotatable bonds is 3. The summed E-state index contributed by atoms with van der Waals surface area (Å²) in [5.74, 6) is -0.326. The SMILES string of the molecule is Fc1ccc(Cl)c(C=NCC=S)c1. The zero-order valence-electron chi connectivity index (χ0n) is 6.71. The third-order valence-corrected chi connectivity index (χ3v) is 1.86. The molecule has 4 heteroatoms. The normalized spacial score (nSPS) is 10.6. The van der Waals surface area contributed by atoms with Crippen LogP contribution in [-0.4, -0.2) is 18.1 Å². The molecule has 0 aliphatic carbocycles. The van der Waals surface area contributed by atoms with Gasteiger partial charge in [0.15, 0.2) is 0 Å². The second-order valence-electron chi connectivity index (χ2n) is 2.33. The van der Waals surface area contributed by atoms with Gasteiger partial charge in [0.25, 0.3) is 0 Å².